The van der Waals surface area contributed by atoms with Gasteiger partial charge in [0.05, 0.1) is 0 Å². The van der Waals surface area contributed by atoms with Crippen LogP contribution in [0.3, 0.4) is 0 Å². The highest BCUT2D eigenvalue weighted by Crippen LogP contribution is 2.23. The van der Waals surface area contributed by atoms with E-state index in [1.165, 1.54) is 11.1 Å². The molecule has 0 saturated heterocycles. The minimum absolute atomic E-state index is 0.0413. The Labute approximate surface area is 129 Å². The smallest absolute Gasteiger partial charge is 0.292 e. The first-order chi connectivity index (χ1) is 10.3. The highest BCUT2D eigenvalue weighted by molar-refractivity contribution is 6.34. The Hall–Kier alpha value is -1.87. The van der Waals surface area contributed by atoms with E-state index < -0.39 is 9.76 Å². The summed E-state index contributed by atoms with van der Waals surface area (Å²) in [5.41, 5.74) is 2.70. The Morgan fingerprint density at radius 2 is 1.52 bits per heavy atom. The van der Waals surface area contributed by atoms with Crippen molar-refractivity contribution in [1.29, 1.82) is 0 Å². The molecule has 0 bridgehead atoms. The van der Waals surface area contributed by atoms with Crippen LogP contribution in [0.1, 0.15) is 42.9 Å². The Morgan fingerprint density at radius 3 is 2.00 bits per heavy atom. The zero-order chi connectivity index (χ0) is 14.9. The molecule has 0 amide bonds. The molecule has 2 aromatic carbocycles. The number of unbranched alkanes of at least 4 members (excludes halogenated alkanes) is 1. The molecule has 0 fully saturated rings. The molecule has 0 spiro atoms. The average Bonchev–Trinajstić information content (AvgIpc) is 2.55. The van der Waals surface area contributed by atoms with E-state index in [-0.39, 0.29) is 11.5 Å². The third kappa shape index (κ3) is 4.87. The van der Waals surface area contributed by atoms with Crippen molar-refractivity contribution in [2.24, 2.45) is 0 Å². The first kappa shape index (κ1) is 15.5. The van der Waals surface area contributed by atoms with Crippen LogP contribution in [0.2, 0.25) is 0 Å². The van der Waals surface area contributed by atoms with Crippen LogP contribution in [0.25, 0.3) is 0 Å². The molecule has 0 aromatic heterocycles. The molecule has 21 heavy (non-hydrogen) atoms. The van der Waals surface area contributed by atoms with Gasteiger partial charge in [-0.1, -0.05) is 74.0 Å². The van der Waals surface area contributed by atoms with Crippen molar-refractivity contribution in [3.63, 3.8) is 0 Å². The van der Waals surface area contributed by atoms with Crippen molar-refractivity contribution >= 4 is 15.7 Å². The van der Waals surface area contributed by atoms with Crippen molar-refractivity contribution in [2.45, 2.75) is 31.7 Å². The Morgan fingerprint density at radius 1 is 1.00 bits per heavy atom. The average molecular weight is 298 g/mol. The van der Waals surface area contributed by atoms with Gasteiger partial charge in [0.25, 0.3) is 5.97 Å². The second-order valence-corrected chi connectivity index (χ2v) is 6.60. The molecule has 3 heteroatoms. The second kappa shape index (κ2) is 8.42. The second-order valence-electron chi connectivity index (χ2n) is 5.16. The monoisotopic (exact) mass is 298 g/mol. The normalized spacial score (nSPS) is 11.1. The summed E-state index contributed by atoms with van der Waals surface area (Å²) in [6.07, 6.45) is 2.48. The Bertz CT molecular complexity index is 500. The first-order valence-corrected chi connectivity index (χ1v) is 8.96. The molecule has 0 aliphatic carbocycles. The predicted molar refractivity (Wildman–Crippen MR) is 88.9 cm³/mol. The van der Waals surface area contributed by atoms with Crippen molar-refractivity contribution in [3.8, 4) is 0 Å². The van der Waals surface area contributed by atoms with Gasteiger partial charge in [-0.3, -0.25) is 4.79 Å². The van der Waals surface area contributed by atoms with Gasteiger partial charge in [-0.25, -0.2) is 0 Å². The highest BCUT2D eigenvalue weighted by atomic mass is 28.2. The minimum Gasteiger partial charge on any atom is -0.524 e. The fraction of sp³-hybridized carbons (Fsp3) is 0.278. The molecule has 0 saturated carbocycles. The lowest BCUT2D eigenvalue weighted by Crippen LogP contribution is -2.17. The van der Waals surface area contributed by atoms with Crippen LogP contribution in [0, 0.1) is 0 Å². The summed E-state index contributed by atoms with van der Waals surface area (Å²) < 4.78 is 5.62. The summed E-state index contributed by atoms with van der Waals surface area (Å²) in [6.45, 7) is 2.08. The summed E-state index contributed by atoms with van der Waals surface area (Å²) >= 11 is 0. The Balaban J connectivity index is 2.09. The lowest BCUT2D eigenvalue weighted by Gasteiger charge is -2.17. The van der Waals surface area contributed by atoms with Gasteiger partial charge >= 0.3 is 0 Å². The fourth-order valence-electron chi connectivity index (χ4n) is 2.33. The van der Waals surface area contributed by atoms with Gasteiger partial charge in [0.2, 0.25) is 9.76 Å². The summed E-state index contributed by atoms with van der Waals surface area (Å²) in [5, 5.41) is 0. The van der Waals surface area contributed by atoms with E-state index in [9.17, 15) is 4.79 Å². The SMILES string of the molecule is CCCCC(=O)O[SiH2]C(c1ccccc1)c1ccccc1. The number of hydrogen-bond donors (Lipinski definition) is 0. The van der Waals surface area contributed by atoms with Crippen molar-refractivity contribution in [3.05, 3.63) is 71.8 Å². The molecule has 0 aliphatic rings. The maximum absolute atomic E-state index is 11.8. The molecular formula is C18H22O2Si. The topological polar surface area (TPSA) is 26.3 Å². The summed E-state index contributed by atoms with van der Waals surface area (Å²) in [4.78, 5) is 11.8. The molecule has 2 nitrogen and oxygen atoms in total. The van der Waals surface area contributed by atoms with Crippen molar-refractivity contribution in [1.82, 2.24) is 0 Å². The van der Waals surface area contributed by atoms with Gasteiger partial charge in [0.15, 0.2) is 0 Å². The maximum Gasteiger partial charge on any atom is 0.292 e. The molecule has 0 heterocycles. The van der Waals surface area contributed by atoms with E-state index in [0.717, 1.165) is 12.8 Å². The zero-order valence-electron chi connectivity index (χ0n) is 12.5. The molecule has 0 aliphatic heterocycles. The molecule has 110 valence electrons. The van der Waals surface area contributed by atoms with Crippen LogP contribution >= 0.6 is 0 Å². The number of hydrogen-bond acceptors (Lipinski definition) is 2. The van der Waals surface area contributed by atoms with Crippen molar-refractivity contribution < 1.29 is 9.22 Å². The largest absolute Gasteiger partial charge is 0.524 e. The summed E-state index contributed by atoms with van der Waals surface area (Å²) in [5.74, 6) is -0.0413. The highest BCUT2D eigenvalue weighted by Gasteiger charge is 2.17. The van der Waals surface area contributed by atoms with Gasteiger partial charge in [-0.15, -0.1) is 0 Å². The number of rotatable bonds is 7. The summed E-state index contributed by atoms with van der Waals surface area (Å²) in [7, 11) is -0.996. The molecular weight excluding hydrogens is 276 g/mol. The van der Waals surface area contributed by atoms with Crippen LogP contribution in [-0.4, -0.2) is 15.7 Å². The lowest BCUT2D eigenvalue weighted by molar-refractivity contribution is -0.134. The number of carbonyl (C=O) groups is 1. The number of carbonyl (C=O) groups excluding carboxylic acids is 1. The van der Waals surface area contributed by atoms with Gasteiger partial charge in [0.1, 0.15) is 0 Å². The van der Waals surface area contributed by atoms with Gasteiger partial charge in [0, 0.05) is 12.0 Å². The zero-order valence-corrected chi connectivity index (χ0v) is 13.9. The van der Waals surface area contributed by atoms with Crippen LogP contribution < -0.4 is 0 Å². The van der Waals surface area contributed by atoms with Crippen molar-refractivity contribution in [2.75, 3.05) is 0 Å². The molecule has 0 radical (unpaired) electrons. The van der Waals surface area contributed by atoms with E-state index in [1.54, 1.807) is 0 Å². The van der Waals surface area contributed by atoms with Crippen LogP contribution in [-0.2, 0) is 9.22 Å². The molecule has 0 atom stereocenters. The van der Waals surface area contributed by atoms with Gasteiger partial charge in [-0.05, 0) is 17.5 Å². The summed E-state index contributed by atoms with van der Waals surface area (Å²) in [6, 6.07) is 20.7. The third-order valence-electron chi connectivity index (χ3n) is 3.55. The molecule has 0 N–H and O–H groups in total. The van der Waals surface area contributed by atoms with Crippen LogP contribution in [0.15, 0.2) is 60.7 Å². The minimum atomic E-state index is -0.996. The Kier molecular flexibility index (Phi) is 6.22. The fourth-order valence-corrected chi connectivity index (χ4v) is 3.75. The van der Waals surface area contributed by atoms with Crippen LogP contribution in [0.5, 0.6) is 0 Å². The predicted octanol–water partition coefficient (Wildman–Crippen LogP) is 3.59. The van der Waals surface area contributed by atoms with E-state index in [1.807, 2.05) is 36.4 Å². The van der Waals surface area contributed by atoms with Gasteiger partial charge in [-0.2, -0.15) is 0 Å². The van der Waals surface area contributed by atoms with E-state index >= 15 is 0 Å². The van der Waals surface area contributed by atoms with E-state index in [2.05, 4.69) is 31.2 Å². The van der Waals surface area contributed by atoms with Crippen LogP contribution in [0.4, 0.5) is 0 Å². The van der Waals surface area contributed by atoms with E-state index in [0.29, 0.717) is 6.42 Å². The third-order valence-corrected chi connectivity index (χ3v) is 5.31. The molecule has 2 rings (SSSR count). The lowest BCUT2D eigenvalue weighted by atomic mass is 10.0. The number of benzene rings is 2. The quantitative estimate of drug-likeness (QED) is 0.730. The molecule has 0 unspecified atom stereocenters. The van der Waals surface area contributed by atoms with Gasteiger partial charge < -0.3 is 4.43 Å². The molecule has 2 aromatic rings. The maximum atomic E-state index is 11.8. The standard InChI is InChI=1S/C18H22O2Si/c1-2-3-14-17(19)20-21-18(15-10-6-4-7-11-15)16-12-8-5-9-13-16/h4-13,18H,2-3,14,21H2,1H3. The van der Waals surface area contributed by atoms with E-state index in [4.69, 9.17) is 4.43 Å². The first-order valence-electron chi connectivity index (χ1n) is 7.56.